The molecule has 4 nitrogen and oxygen atoms in total. The van der Waals surface area contributed by atoms with Crippen molar-refractivity contribution in [3.8, 4) is 0 Å². The lowest BCUT2D eigenvalue weighted by molar-refractivity contribution is 0.322. The summed E-state index contributed by atoms with van der Waals surface area (Å²) in [5, 5.41) is 2.75. The molecular formula is C4H12BrNO3S. The van der Waals surface area contributed by atoms with E-state index in [2.05, 4.69) is 9.50 Å². The maximum Gasteiger partial charge on any atom is 0.264 e. The summed E-state index contributed by atoms with van der Waals surface area (Å²) < 4.78 is 24.9. The summed E-state index contributed by atoms with van der Waals surface area (Å²) >= 11 is 0. The van der Waals surface area contributed by atoms with E-state index in [0.29, 0.717) is 6.54 Å². The van der Waals surface area contributed by atoms with Crippen LogP contribution >= 0.6 is 17.0 Å². The van der Waals surface area contributed by atoms with Crippen LogP contribution in [0.25, 0.3) is 0 Å². The number of hydrogen-bond donors (Lipinski definition) is 1. The van der Waals surface area contributed by atoms with Crippen LogP contribution in [0.1, 0.15) is 0 Å². The molecule has 1 N–H and O–H groups in total. The number of hydrogen-bond acceptors (Lipinski definition) is 4. The fourth-order valence-electron chi connectivity index (χ4n) is 0.295. The molecular weight excluding hydrogens is 222 g/mol. The van der Waals surface area contributed by atoms with Crippen LogP contribution in [0.3, 0.4) is 0 Å². The van der Waals surface area contributed by atoms with Gasteiger partial charge < -0.3 is 5.32 Å². The fraction of sp³-hybridized carbons (Fsp3) is 1.00. The van der Waals surface area contributed by atoms with Crippen LogP contribution in [0.15, 0.2) is 0 Å². The minimum atomic E-state index is -3.24. The normalized spacial score (nSPS) is 10.6. The molecule has 0 spiro atoms. The molecule has 0 aromatic heterocycles. The Balaban J connectivity index is 0. The van der Waals surface area contributed by atoms with E-state index in [-0.39, 0.29) is 23.6 Å². The Morgan fingerprint density at radius 1 is 1.50 bits per heavy atom. The monoisotopic (exact) mass is 233 g/mol. The number of halogens is 1. The minimum absolute atomic E-state index is 0. The van der Waals surface area contributed by atoms with Gasteiger partial charge in [0.15, 0.2) is 0 Å². The summed E-state index contributed by atoms with van der Waals surface area (Å²) in [6.45, 7) is 0.752. The van der Waals surface area contributed by atoms with Crippen molar-refractivity contribution in [2.24, 2.45) is 0 Å². The molecule has 64 valence electrons. The fourth-order valence-corrected chi connectivity index (χ4v) is 0.681. The van der Waals surface area contributed by atoms with E-state index in [1.807, 2.05) is 0 Å². The predicted molar refractivity (Wildman–Crippen MR) is 45.0 cm³/mol. The van der Waals surface area contributed by atoms with Crippen LogP contribution in [0, 0.1) is 0 Å². The van der Waals surface area contributed by atoms with Crippen LogP contribution in [-0.2, 0) is 14.3 Å². The lowest BCUT2D eigenvalue weighted by Gasteiger charge is -1.97. The molecule has 0 aliphatic heterocycles. The van der Waals surface area contributed by atoms with Crippen LogP contribution in [-0.4, -0.2) is 34.9 Å². The highest BCUT2D eigenvalue weighted by atomic mass is 79.9. The molecule has 0 unspecified atom stereocenters. The first kappa shape index (κ1) is 13.0. The second-order valence-corrected chi connectivity index (χ2v) is 3.27. The highest BCUT2D eigenvalue weighted by Gasteiger charge is 1.97. The molecule has 0 saturated carbocycles. The molecule has 10 heavy (non-hydrogen) atoms. The number of rotatable bonds is 4. The van der Waals surface area contributed by atoms with Gasteiger partial charge in [-0.25, -0.2) is 0 Å². The van der Waals surface area contributed by atoms with Crippen LogP contribution < -0.4 is 5.32 Å². The zero-order chi connectivity index (χ0) is 7.33. The Labute approximate surface area is 71.8 Å². The smallest absolute Gasteiger partial charge is 0.264 e. The van der Waals surface area contributed by atoms with Gasteiger partial charge >= 0.3 is 0 Å². The van der Waals surface area contributed by atoms with Crippen molar-refractivity contribution in [3.05, 3.63) is 0 Å². The zero-order valence-electron chi connectivity index (χ0n) is 5.96. The van der Waals surface area contributed by atoms with E-state index in [0.717, 1.165) is 6.26 Å². The van der Waals surface area contributed by atoms with Crippen molar-refractivity contribution in [1.82, 2.24) is 5.32 Å². The molecule has 0 aromatic carbocycles. The molecule has 0 amide bonds. The van der Waals surface area contributed by atoms with Crippen LogP contribution in [0.2, 0.25) is 0 Å². The first-order valence-electron chi connectivity index (χ1n) is 2.55. The Morgan fingerprint density at radius 2 is 2.00 bits per heavy atom. The summed E-state index contributed by atoms with van der Waals surface area (Å²) in [5.74, 6) is 0. The highest BCUT2D eigenvalue weighted by molar-refractivity contribution is 8.93. The third-order valence-corrected chi connectivity index (χ3v) is 1.24. The first-order valence-corrected chi connectivity index (χ1v) is 4.37. The molecule has 0 fully saturated rings. The first-order chi connectivity index (χ1) is 4.06. The topological polar surface area (TPSA) is 55.4 Å². The lowest BCUT2D eigenvalue weighted by Crippen LogP contribution is -2.16. The lowest BCUT2D eigenvalue weighted by atomic mass is 10.7. The van der Waals surface area contributed by atoms with Gasteiger partial charge in [0, 0.05) is 6.54 Å². The van der Waals surface area contributed by atoms with E-state index in [4.69, 9.17) is 0 Å². The SMILES string of the molecule is Br.CNCCOS(C)(=O)=O. The van der Waals surface area contributed by atoms with E-state index in [9.17, 15) is 8.42 Å². The Kier molecular flexibility index (Phi) is 7.90. The van der Waals surface area contributed by atoms with Crippen molar-refractivity contribution in [3.63, 3.8) is 0 Å². The Morgan fingerprint density at radius 3 is 2.30 bits per heavy atom. The molecule has 0 aliphatic carbocycles. The standard InChI is InChI=1S/C4H11NO3S.BrH/c1-5-3-4-8-9(2,6)7;/h5H,3-4H2,1-2H3;1H. The van der Waals surface area contributed by atoms with E-state index >= 15 is 0 Å². The average molecular weight is 234 g/mol. The molecule has 0 atom stereocenters. The number of likely N-dealkylation sites (N-methyl/N-ethyl adjacent to an activating group) is 1. The minimum Gasteiger partial charge on any atom is -0.317 e. The van der Waals surface area contributed by atoms with Gasteiger partial charge in [0.1, 0.15) is 0 Å². The van der Waals surface area contributed by atoms with Gasteiger partial charge in [-0.15, -0.1) is 17.0 Å². The van der Waals surface area contributed by atoms with Crippen molar-refractivity contribution < 1.29 is 12.6 Å². The van der Waals surface area contributed by atoms with Crippen molar-refractivity contribution in [2.45, 2.75) is 0 Å². The summed E-state index contributed by atoms with van der Waals surface area (Å²) in [4.78, 5) is 0. The van der Waals surface area contributed by atoms with Crippen molar-refractivity contribution in [1.29, 1.82) is 0 Å². The predicted octanol–water partition coefficient (Wildman–Crippen LogP) is -0.240. The van der Waals surface area contributed by atoms with Gasteiger partial charge in [-0.2, -0.15) is 8.42 Å². The zero-order valence-corrected chi connectivity index (χ0v) is 8.49. The van der Waals surface area contributed by atoms with Gasteiger partial charge in [0.25, 0.3) is 10.1 Å². The molecule has 0 bridgehead atoms. The largest absolute Gasteiger partial charge is 0.317 e. The van der Waals surface area contributed by atoms with Gasteiger partial charge in [-0.3, -0.25) is 4.18 Å². The third kappa shape index (κ3) is 11.2. The van der Waals surface area contributed by atoms with Gasteiger partial charge in [0.05, 0.1) is 12.9 Å². The third-order valence-electron chi connectivity index (χ3n) is 0.649. The maximum atomic E-state index is 10.3. The molecule has 0 rings (SSSR count). The van der Waals surface area contributed by atoms with E-state index in [1.165, 1.54) is 0 Å². The van der Waals surface area contributed by atoms with Crippen molar-refractivity contribution >= 4 is 27.1 Å². The Bertz CT molecular complexity index is 156. The molecule has 0 aromatic rings. The summed E-state index contributed by atoms with van der Waals surface area (Å²) in [7, 11) is -1.51. The average Bonchev–Trinajstić information content (AvgIpc) is 1.63. The van der Waals surface area contributed by atoms with E-state index in [1.54, 1.807) is 7.05 Å². The van der Waals surface area contributed by atoms with Crippen LogP contribution in [0.5, 0.6) is 0 Å². The van der Waals surface area contributed by atoms with Crippen molar-refractivity contribution in [2.75, 3.05) is 26.5 Å². The second-order valence-electron chi connectivity index (χ2n) is 1.63. The quantitative estimate of drug-likeness (QED) is 0.538. The summed E-state index contributed by atoms with van der Waals surface area (Å²) in [6.07, 6.45) is 1.03. The highest BCUT2D eigenvalue weighted by Crippen LogP contribution is 1.82. The number of nitrogens with one attached hydrogen (secondary N) is 1. The van der Waals surface area contributed by atoms with Gasteiger partial charge in [0.2, 0.25) is 0 Å². The summed E-state index contributed by atoms with van der Waals surface area (Å²) in [5.41, 5.74) is 0. The Hall–Kier alpha value is 0.350. The molecule has 0 aliphatic rings. The van der Waals surface area contributed by atoms with Crippen LogP contribution in [0.4, 0.5) is 0 Å². The molecule has 6 heteroatoms. The van der Waals surface area contributed by atoms with Gasteiger partial charge in [-0.05, 0) is 7.05 Å². The molecule has 0 radical (unpaired) electrons. The summed E-state index contributed by atoms with van der Waals surface area (Å²) in [6, 6.07) is 0. The molecule has 0 heterocycles. The molecule has 0 saturated heterocycles. The second kappa shape index (κ2) is 6.09. The van der Waals surface area contributed by atoms with Gasteiger partial charge in [-0.1, -0.05) is 0 Å². The van der Waals surface area contributed by atoms with E-state index < -0.39 is 10.1 Å². The maximum absolute atomic E-state index is 10.3.